The first-order chi connectivity index (χ1) is 14.8. The van der Waals surface area contributed by atoms with Crippen molar-refractivity contribution in [1.82, 2.24) is 19.8 Å². The molecule has 11 nitrogen and oxygen atoms in total. The summed E-state index contributed by atoms with van der Waals surface area (Å²) in [4.78, 5) is 24.6. The van der Waals surface area contributed by atoms with E-state index in [0.717, 1.165) is 47.7 Å². The average Bonchev–Trinajstić information content (AvgIpc) is 2.76. The van der Waals surface area contributed by atoms with Gasteiger partial charge < -0.3 is 20.1 Å². The van der Waals surface area contributed by atoms with E-state index in [4.69, 9.17) is 15.2 Å². The number of piperidine rings is 1. The lowest BCUT2D eigenvalue weighted by atomic mass is 9.85. The standard InChI is InChI=1S/C19H28N6O5S/c1-12(10-25(19(20)26)23-31(27)28)13-4-6-24(7-5-13)18-14-8-16(29-2)17(30-3)9-15(14)21-11-22-18/h8-9,11-13,31H,4-7,10H2,1-3H3,(H2,20,26)(H,23,27,28). The molecule has 3 N–H and O–H groups in total. The molecule has 2 heterocycles. The van der Waals surface area contributed by atoms with Crippen molar-refractivity contribution < 1.29 is 22.7 Å². The predicted molar refractivity (Wildman–Crippen MR) is 116 cm³/mol. The first kappa shape index (κ1) is 22.8. The molecule has 31 heavy (non-hydrogen) atoms. The Hall–Kier alpha value is -2.86. The number of nitrogens with zero attached hydrogens (tertiary/aromatic N) is 4. The zero-order valence-electron chi connectivity index (χ0n) is 17.8. The molecule has 1 aromatic heterocycles. The number of methoxy groups -OCH3 is 2. The van der Waals surface area contributed by atoms with Crippen LogP contribution in [0.1, 0.15) is 19.8 Å². The molecule has 1 aromatic carbocycles. The van der Waals surface area contributed by atoms with Gasteiger partial charge in [-0.3, -0.25) is 0 Å². The number of ether oxygens (including phenoxy) is 2. The Balaban J connectivity index is 1.72. The first-order valence-electron chi connectivity index (χ1n) is 9.93. The molecule has 170 valence electrons. The quantitative estimate of drug-likeness (QED) is 0.397. The van der Waals surface area contributed by atoms with Crippen LogP contribution in [-0.4, -0.2) is 63.3 Å². The molecule has 3 rings (SSSR count). The minimum absolute atomic E-state index is 0.0728. The number of carbonyl (C=O) groups excluding carboxylic acids is 1. The van der Waals surface area contributed by atoms with Crippen LogP contribution in [0.2, 0.25) is 0 Å². The van der Waals surface area contributed by atoms with Crippen molar-refractivity contribution in [2.45, 2.75) is 19.8 Å². The van der Waals surface area contributed by atoms with Crippen molar-refractivity contribution in [3.8, 4) is 11.5 Å². The number of anilines is 1. The highest BCUT2D eigenvalue weighted by Gasteiger charge is 2.28. The van der Waals surface area contributed by atoms with Crippen LogP contribution in [0.4, 0.5) is 10.6 Å². The Labute approximate surface area is 182 Å². The van der Waals surface area contributed by atoms with Crippen LogP contribution in [0.15, 0.2) is 18.5 Å². The zero-order valence-corrected chi connectivity index (χ0v) is 18.7. The number of urea groups is 1. The van der Waals surface area contributed by atoms with Gasteiger partial charge in [-0.2, -0.15) is 0 Å². The number of rotatable bonds is 8. The van der Waals surface area contributed by atoms with Crippen molar-refractivity contribution in [2.75, 3.05) is 38.8 Å². The number of amides is 2. The van der Waals surface area contributed by atoms with E-state index in [0.29, 0.717) is 17.4 Å². The van der Waals surface area contributed by atoms with Crippen LogP contribution >= 0.6 is 0 Å². The Kier molecular flexibility index (Phi) is 7.33. The zero-order chi connectivity index (χ0) is 22.5. The summed E-state index contributed by atoms with van der Waals surface area (Å²) < 4.78 is 32.6. The second-order valence-corrected chi connectivity index (χ2v) is 8.24. The fourth-order valence-electron chi connectivity index (χ4n) is 4.02. The Morgan fingerprint density at radius 3 is 2.48 bits per heavy atom. The summed E-state index contributed by atoms with van der Waals surface area (Å²) in [6, 6.07) is 2.90. The number of hydrazine groups is 1. The number of benzene rings is 1. The number of carbonyl (C=O) groups is 1. The third-order valence-corrected chi connectivity index (χ3v) is 6.11. The lowest BCUT2D eigenvalue weighted by molar-refractivity contribution is 0.168. The lowest BCUT2D eigenvalue weighted by Crippen LogP contribution is -2.49. The number of aromatic nitrogens is 2. The van der Waals surface area contributed by atoms with Gasteiger partial charge in [-0.1, -0.05) is 6.92 Å². The molecule has 1 fully saturated rings. The molecule has 0 spiro atoms. The van der Waals surface area contributed by atoms with Crippen molar-refractivity contribution in [3.05, 3.63) is 18.5 Å². The third kappa shape index (κ3) is 5.25. The first-order valence-corrected chi connectivity index (χ1v) is 11.1. The van der Waals surface area contributed by atoms with Crippen LogP contribution in [-0.2, 0) is 10.9 Å². The molecule has 1 aliphatic heterocycles. The maximum absolute atomic E-state index is 11.5. The molecule has 2 aromatic rings. The Morgan fingerprint density at radius 2 is 1.90 bits per heavy atom. The number of hydrogen-bond acceptors (Lipinski definition) is 8. The van der Waals surface area contributed by atoms with Gasteiger partial charge in [0.25, 0.3) is 0 Å². The van der Waals surface area contributed by atoms with Crippen molar-refractivity contribution in [2.24, 2.45) is 17.6 Å². The molecule has 1 atom stereocenters. The van der Waals surface area contributed by atoms with Gasteiger partial charge in [-0.05, 0) is 30.7 Å². The van der Waals surface area contributed by atoms with Gasteiger partial charge in [-0.25, -0.2) is 28.2 Å². The van der Waals surface area contributed by atoms with E-state index in [1.807, 2.05) is 19.1 Å². The maximum atomic E-state index is 11.5. The van der Waals surface area contributed by atoms with E-state index < -0.39 is 16.9 Å². The fraction of sp³-hybridized carbons (Fsp3) is 0.526. The smallest absolute Gasteiger partial charge is 0.329 e. The lowest BCUT2D eigenvalue weighted by Gasteiger charge is -2.37. The molecule has 2 amide bonds. The largest absolute Gasteiger partial charge is 0.493 e. The molecule has 1 saturated heterocycles. The van der Waals surface area contributed by atoms with Gasteiger partial charge in [-0.15, -0.1) is 4.83 Å². The highest BCUT2D eigenvalue weighted by atomic mass is 32.2. The van der Waals surface area contributed by atoms with Crippen LogP contribution in [0.3, 0.4) is 0 Å². The van der Waals surface area contributed by atoms with Crippen LogP contribution in [0.25, 0.3) is 10.9 Å². The van der Waals surface area contributed by atoms with Crippen molar-refractivity contribution >= 4 is 33.6 Å². The molecule has 0 aliphatic carbocycles. The summed E-state index contributed by atoms with van der Waals surface area (Å²) >= 11 is 0. The molecule has 1 unspecified atom stereocenters. The molecule has 12 heteroatoms. The van der Waals surface area contributed by atoms with Crippen molar-refractivity contribution in [1.29, 1.82) is 0 Å². The minimum Gasteiger partial charge on any atom is -0.493 e. The van der Waals surface area contributed by atoms with Gasteiger partial charge in [0.05, 0.1) is 19.7 Å². The van der Waals surface area contributed by atoms with E-state index in [-0.39, 0.29) is 12.5 Å². The van der Waals surface area contributed by atoms with E-state index in [1.54, 1.807) is 20.5 Å². The van der Waals surface area contributed by atoms with Crippen LogP contribution < -0.4 is 24.9 Å². The Morgan fingerprint density at radius 1 is 1.26 bits per heavy atom. The molecule has 0 bridgehead atoms. The molecule has 0 radical (unpaired) electrons. The van der Waals surface area contributed by atoms with E-state index in [9.17, 15) is 13.2 Å². The molecule has 0 saturated carbocycles. The summed E-state index contributed by atoms with van der Waals surface area (Å²) in [5, 5.41) is 1.83. The molecule has 1 aliphatic rings. The predicted octanol–water partition coefficient (Wildman–Crippen LogP) is 0.911. The second-order valence-electron chi connectivity index (χ2n) is 7.53. The van der Waals surface area contributed by atoms with Gasteiger partial charge in [0, 0.05) is 31.1 Å². The average molecular weight is 453 g/mol. The van der Waals surface area contributed by atoms with E-state index >= 15 is 0 Å². The number of nitrogens with two attached hydrogens (primary N) is 1. The minimum atomic E-state index is -2.95. The second kappa shape index (κ2) is 9.96. The number of nitrogens with one attached hydrogen (secondary N) is 1. The topological polar surface area (TPSA) is 140 Å². The van der Waals surface area contributed by atoms with Crippen molar-refractivity contribution in [3.63, 3.8) is 0 Å². The van der Waals surface area contributed by atoms with Crippen LogP contribution in [0.5, 0.6) is 11.5 Å². The highest BCUT2D eigenvalue weighted by molar-refractivity contribution is 7.70. The van der Waals surface area contributed by atoms with Gasteiger partial charge in [0.15, 0.2) is 11.5 Å². The number of fused-ring (bicyclic) bond motifs is 1. The van der Waals surface area contributed by atoms with E-state index in [2.05, 4.69) is 19.7 Å². The summed E-state index contributed by atoms with van der Waals surface area (Å²) in [7, 11) is 0.226. The van der Waals surface area contributed by atoms with Gasteiger partial charge in [0.2, 0.25) is 10.9 Å². The molecular formula is C19H28N6O5S. The number of thiol groups is 1. The van der Waals surface area contributed by atoms with E-state index in [1.165, 1.54) is 0 Å². The summed E-state index contributed by atoms with van der Waals surface area (Å²) in [5.41, 5.74) is 6.04. The Bertz CT molecular complexity index is 1000. The van der Waals surface area contributed by atoms with Gasteiger partial charge >= 0.3 is 6.03 Å². The summed E-state index contributed by atoms with van der Waals surface area (Å²) in [6.45, 7) is 3.76. The normalized spacial score (nSPS) is 15.8. The molecular weight excluding hydrogens is 424 g/mol. The SMILES string of the molecule is COc1cc2ncnc(N3CCC(C(C)CN(N[SH](=O)=O)C(N)=O)CC3)c2cc1OC. The number of hydrogen-bond donors (Lipinski definition) is 3. The van der Waals surface area contributed by atoms with Gasteiger partial charge in [0.1, 0.15) is 12.1 Å². The summed E-state index contributed by atoms with van der Waals surface area (Å²) in [5.74, 6) is 2.45. The maximum Gasteiger partial charge on any atom is 0.329 e. The highest BCUT2D eigenvalue weighted by Crippen LogP contribution is 2.36. The third-order valence-electron chi connectivity index (χ3n) is 5.70. The monoisotopic (exact) mass is 452 g/mol. The fourth-order valence-corrected chi connectivity index (χ4v) is 4.39. The number of primary amides is 1. The van der Waals surface area contributed by atoms with Crippen LogP contribution in [0, 0.1) is 11.8 Å². The summed E-state index contributed by atoms with van der Waals surface area (Å²) in [6.07, 6.45) is 3.28.